The Morgan fingerprint density at radius 1 is 1.33 bits per heavy atom. The summed E-state index contributed by atoms with van der Waals surface area (Å²) in [5.74, 6) is 0.747. The molecular formula is C16H24Cl2N2O. The molecule has 0 radical (unpaired) electrons. The topological polar surface area (TPSA) is 38.5 Å². The van der Waals surface area contributed by atoms with E-state index in [9.17, 15) is 0 Å². The second-order valence-electron chi connectivity index (χ2n) is 5.70. The number of nitrogens with two attached hydrogens (primary N) is 1. The Hall–Kier alpha value is -0.320. The van der Waals surface area contributed by atoms with Gasteiger partial charge in [0.2, 0.25) is 0 Å². The Kier molecular flexibility index (Phi) is 6.33. The quantitative estimate of drug-likeness (QED) is 0.789. The van der Waals surface area contributed by atoms with Crippen LogP contribution in [-0.4, -0.2) is 37.7 Å². The minimum Gasteiger partial charge on any atom is -0.383 e. The SMILES string of the molecule is COCCN(C(CN)c1c(Cl)cccc1Cl)C(C)C1CC1. The molecule has 1 aliphatic carbocycles. The Labute approximate surface area is 137 Å². The Morgan fingerprint density at radius 3 is 2.43 bits per heavy atom. The molecule has 2 unspecified atom stereocenters. The Bertz CT molecular complexity index is 445. The summed E-state index contributed by atoms with van der Waals surface area (Å²) in [6, 6.07) is 6.10. The molecule has 2 N–H and O–H groups in total. The second kappa shape index (κ2) is 7.80. The molecule has 118 valence electrons. The number of benzene rings is 1. The molecule has 0 amide bonds. The lowest BCUT2D eigenvalue weighted by Crippen LogP contribution is -2.43. The first kappa shape index (κ1) is 17.0. The van der Waals surface area contributed by atoms with E-state index in [-0.39, 0.29) is 6.04 Å². The number of methoxy groups -OCH3 is 1. The highest BCUT2D eigenvalue weighted by molar-refractivity contribution is 6.36. The standard InChI is InChI=1S/C16H24Cl2N2O/c1-11(12-6-7-12)20(8-9-21-2)15(10-19)16-13(17)4-3-5-14(16)18/h3-5,11-12,15H,6-10,19H2,1-2H3. The van der Waals surface area contributed by atoms with Crippen LogP contribution in [0.2, 0.25) is 10.0 Å². The second-order valence-corrected chi connectivity index (χ2v) is 6.51. The highest BCUT2D eigenvalue weighted by Crippen LogP contribution is 2.40. The summed E-state index contributed by atoms with van der Waals surface area (Å²) in [5, 5.41) is 1.37. The van der Waals surface area contributed by atoms with E-state index in [1.54, 1.807) is 7.11 Å². The maximum Gasteiger partial charge on any atom is 0.0590 e. The summed E-state index contributed by atoms with van der Waals surface area (Å²) in [7, 11) is 1.72. The molecule has 3 nitrogen and oxygen atoms in total. The molecule has 1 saturated carbocycles. The maximum atomic E-state index is 6.38. The van der Waals surface area contributed by atoms with Gasteiger partial charge in [-0.3, -0.25) is 4.90 Å². The van der Waals surface area contributed by atoms with E-state index in [1.165, 1.54) is 12.8 Å². The predicted molar refractivity (Wildman–Crippen MR) is 89.0 cm³/mol. The monoisotopic (exact) mass is 330 g/mol. The van der Waals surface area contributed by atoms with Crippen LogP contribution in [0.4, 0.5) is 0 Å². The van der Waals surface area contributed by atoms with Crippen molar-refractivity contribution in [2.45, 2.75) is 31.8 Å². The first-order valence-corrected chi connectivity index (χ1v) is 8.24. The van der Waals surface area contributed by atoms with Gasteiger partial charge in [0, 0.05) is 41.8 Å². The van der Waals surface area contributed by atoms with E-state index in [0.29, 0.717) is 29.2 Å². The zero-order chi connectivity index (χ0) is 15.4. The number of hydrogen-bond acceptors (Lipinski definition) is 3. The lowest BCUT2D eigenvalue weighted by Gasteiger charge is -2.37. The molecule has 1 aliphatic rings. The van der Waals surface area contributed by atoms with Gasteiger partial charge in [-0.15, -0.1) is 0 Å². The smallest absolute Gasteiger partial charge is 0.0590 e. The van der Waals surface area contributed by atoms with Crippen molar-refractivity contribution < 1.29 is 4.74 Å². The number of hydrogen-bond donors (Lipinski definition) is 1. The van der Waals surface area contributed by atoms with Gasteiger partial charge in [0.15, 0.2) is 0 Å². The normalized spacial score (nSPS) is 18.0. The van der Waals surface area contributed by atoms with Gasteiger partial charge in [-0.2, -0.15) is 0 Å². The number of nitrogens with zero attached hydrogens (tertiary/aromatic N) is 1. The van der Waals surface area contributed by atoms with Crippen LogP contribution in [0.25, 0.3) is 0 Å². The van der Waals surface area contributed by atoms with Crippen LogP contribution < -0.4 is 5.73 Å². The molecule has 0 aromatic heterocycles. The van der Waals surface area contributed by atoms with Crippen LogP contribution in [0.5, 0.6) is 0 Å². The Balaban J connectivity index is 2.29. The van der Waals surface area contributed by atoms with E-state index >= 15 is 0 Å². The number of halogens is 2. The van der Waals surface area contributed by atoms with Crippen molar-refractivity contribution in [1.29, 1.82) is 0 Å². The third kappa shape index (κ3) is 4.11. The van der Waals surface area contributed by atoms with E-state index < -0.39 is 0 Å². The summed E-state index contributed by atoms with van der Waals surface area (Å²) in [6.07, 6.45) is 2.58. The third-order valence-corrected chi connectivity index (χ3v) is 5.00. The van der Waals surface area contributed by atoms with Crippen molar-refractivity contribution in [3.8, 4) is 0 Å². The van der Waals surface area contributed by atoms with Gasteiger partial charge < -0.3 is 10.5 Å². The maximum absolute atomic E-state index is 6.38. The van der Waals surface area contributed by atoms with E-state index in [4.69, 9.17) is 33.7 Å². The van der Waals surface area contributed by atoms with Crippen LogP contribution in [0, 0.1) is 5.92 Å². The molecule has 2 rings (SSSR count). The van der Waals surface area contributed by atoms with Gasteiger partial charge in [0.25, 0.3) is 0 Å². The summed E-state index contributed by atoms with van der Waals surface area (Å²) >= 11 is 12.8. The van der Waals surface area contributed by atoms with Crippen LogP contribution >= 0.6 is 23.2 Å². The van der Waals surface area contributed by atoms with E-state index in [1.807, 2.05) is 18.2 Å². The molecule has 0 bridgehead atoms. The van der Waals surface area contributed by atoms with E-state index in [0.717, 1.165) is 18.0 Å². The van der Waals surface area contributed by atoms with Crippen molar-refractivity contribution in [3.05, 3.63) is 33.8 Å². The average molecular weight is 331 g/mol. The van der Waals surface area contributed by atoms with Crippen LogP contribution in [0.1, 0.15) is 31.4 Å². The molecular weight excluding hydrogens is 307 g/mol. The van der Waals surface area contributed by atoms with Gasteiger partial charge in [-0.25, -0.2) is 0 Å². The van der Waals surface area contributed by atoms with Crippen LogP contribution in [0.3, 0.4) is 0 Å². The van der Waals surface area contributed by atoms with Gasteiger partial charge in [-0.1, -0.05) is 29.3 Å². The molecule has 21 heavy (non-hydrogen) atoms. The summed E-state index contributed by atoms with van der Waals surface area (Å²) in [4.78, 5) is 2.40. The average Bonchev–Trinajstić information content (AvgIpc) is 3.29. The summed E-state index contributed by atoms with van der Waals surface area (Å²) in [5.41, 5.74) is 7.01. The third-order valence-electron chi connectivity index (χ3n) is 4.34. The lowest BCUT2D eigenvalue weighted by molar-refractivity contribution is 0.0835. The first-order valence-electron chi connectivity index (χ1n) is 7.48. The van der Waals surface area contributed by atoms with Crippen LogP contribution in [0.15, 0.2) is 18.2 Å². The predicted octanol–water partition coefficient (Wildman–Crippen LogP) is 3.74. The summed E-state index contributed by atoms with van der Waals surface area (Å²) < 4.78 is 5.27. The largest absolute Gasteiger partial charge is 0.383 e. The highest BCUT2D eigenvalue weighted by Gasteiger charge is 2.36. The molecule has 0 heterocycles. The molecule has 1 fully saturated rings. The molecule has 1 aromatic carbocycles. The van der Waals surface area contributed by atoms with Crippen molar-refractivity contribution >= 4 is 23.2 Å². The van der Waals surface area contributed by atoms with Gasteiger partial charge >= 0.3 is 0 Å². The lowest BCUT2D eigenvalue weighted by atomic mass is 10.0. The fraction of sp³-hybridized carbons (Fsp3) is 0.625. The highest BCUT2D eigenvalue weighted by atomic mass is 35.5. The minimum absolute atomic E-state index is 0.0250. The first-order chi connectivity index (χ1) is 10.1. The van der Waals surface area contributed by atoms with Crippen molar-refractivity contribution in [2.24, 2.45) is 11.7 Å². The molecule has 0 saturated heterocycles. The van der Waals surface area contributed by atoms with Crippen LogP contribution in [-0.2, 0) is 4.74 Å². The molecule has 0 spiro atoms. The Morgan fingerprint density at radius 2 is 1.95 bits per heavy atom. The van der Waals surface area contributed by atoms with Gasteiger partial charge in [0.1, 0.15) is 0 Å². The zero-order valence-corrected chi connectivity index (χ0v) is 14.2. The fourth-order valence-electron chi connectivity index (χ4n) is 2.94. The summed E-state index contributed by atoms with van der Waals surface area (Å²) in [6.45, 7) is 4.26. The van der Waals surface area contributed by atoms with Gasteiger partial charge in [0.05, 0.1) is 12.6 Å². The number of rotatable bonds is 8. The van der Waals surface area contributed by atoms with Crippen molar-refractivity contribution in [2.75, 3.05) is 26.8 Å². The van der Waals surface area contributed by atoms with Gasteiger partial charge in [-0.05, 0) is 37.8 Å². The fourth-order valence-corrected chi connectivity index (χ4v) is 3.59. The van der Waals surface area contributed by atoms with E-state index in [2.05, 4.69) is 11.8 Å². The molecule has 5 heteroatoms. The van der Waals surface area contributed by atoms with Crippen molar-refractivity contribution in [1.82, 2.24) is 4.90 Å². The zero-order valence-electron chi connectivity index (χ0n) is 12.7. The van der Waals surface area contributed by atoms with Crippen molar-refractivity contribution in [3.63, 3.8) is 0 Å². The minimum atomic E-state index is 0.0250. The number of ether oxygens (including phenoxy) is 1. The molecule has 2 atom stereocenters. The molecule has 0 aliphatic heterocycles. The molecule has 1 aromatic rings.